The first kappa shape index (κ1) is 22.9. The van der Waals surface area contributed by atoms with E-state index >= 15 is 0 Å². The molecule has 3 aromatic carbocycles. The number of benzene rings is 3. The van der Waals surface area contributed by atoms with Gasteiger partial charge in [-0.15, -0.1) is 0 Å². The summed E-state index contributed by atoms with van der Waals surface area (Å²) >= 11 is 0. The molecule has 36 heavy (non-hydrogen) atoms. The Hall–Kier alpha value is -4.84. The number of fused-ring (bicyclic) bond motifs is 1. The van der Waals surface area contributed by atoms with Gasteiger partial charge in [-0.1, -0.05) is 6.07 Å². The summed E-state index contributed by atoms with van der Waals surface area (Å²) in [4.78, 5) is 42.6. The van der Waals surface area contributed by atoms with Crippen molar-refractivity contribution in [1.82, 2.24) is 4.90 Å². The quantitative estimate of drug-likeness (QED) is 0.495. The fraction of sp³-hybridized carbons (Fsp3) is 0.185. The summed E-state index contributed by atoms with van der Waals surface area (Å²) in [7, 11) is 1.53. The van der Waals surface area contributed by atoms with Gasteiger partial charge in [0.2, 0.25) is 12.7 Å². The number of amides is 3. The molecule has 0 saturated carbocycles. The predicted molar refractivity (Wildman–Crippen MR) is 127 cm³/mol. The van der Waals surface area contributed by atoms with Crippen molar-refractivity contribution >= 4 is 23.4 Å². The highest BCUT2D eigenvalue weighted by Crippen LogP contribution is 2.34. The Balaban J connectivity index is 1.48. The molecule has 180 valence electrons. The lowest BCUT2D eigenvalue weighted by Gasteiger charge is -2.28. The zero-order valence-corrected chi connectivity index (χ0v) is 19.3. The maximum Gasteiger partial charge on any atom is 0.257 e. The first-order valence-corrected chi connectivity index (χ1v) is 11.2. The number of nitrogens with zero attached hydrogens (tertiary/aromatic N) is 3. The van der Waals surface area contributed by atoms with Crippen molar-refractivity contribution < 1.29 is 28.6 Å². The summed E-state index contributed by atoms with van der Waals surface area (Å²) in [6.07, 6.45) is -0.161. The lowest BCUT2D eigenvalue weighted by Crippen LogP contribution is -2.45. The molecule has 2 aliphatic heterocycles. The van der Waals surface area contributed by atoms with Gasteiger partial charge in [-0.2, -0.15) is 5.26 Å². The van der Waals surface area contributed by atoms with Gasteiger partial charge in [0.05, 0.1) is 30.9 Å². The highest BCUT2D eigenvalue weighted by Gasteiger charge is 2.44. The Morgan fingerprint density at radius 1 is 1.06 bits per heavy atom. The summed E-state index contributed by atoms with van der Waals surface area (Å²) < 4.78 is 16.0. The third-order valence-corrected chi connectivity index (χ3v) is 6.14. The molecule has 1 atom stereocenters. The summed E-state index contributed by atoms with van der Waals surface area (Å²) in [5.74, 6) is 0.416. The van der Waals surface area contributed by atoms with E-state index in [-0.39, 0.29) is 19.8 Å². The summed E-state index contributed by atoms with van der Waals surface area (Å²) in [5, 5.41) is 9.05. The topological polar surface area (TPSA) is 109 Å². The average Bonchev–Trinajstić information content (AvgIpc) is 3.50. The van der Waals surface area contributed by atoms with E-state index in [1.54, 1.807) is 54.6 Å². The molecule has 1 fully saturated rings. The SMILES string of the molecule is COc1ccc(C(=O)N(Cc2ccc3c(c2)OCO3)C2CC(=O)N(c3ccc(C#N)cc3)C2=O)cc1. The summed E-state index contributed by atoms with van der Waals surface area (Å²) in [6, 6.07) is 19.0. The van der Waals surface area contributed by atoms with E-state index in [1.807, 2.05) is 6.07 Å². The minimum absolute atomic E-state index is 0.0758. The first-order valence-electron chi connectivity index (χ1n) is 11.2. The van der Waals surface area contributed by atoms with Crippen LogP contribution in [0, 0.1) is 11.3 Å². The highest BCUT2D eigenvalue weighted by molar-refractivity contribution is 6.23. The number of rotatable bonds is 6. The van der Waals surface area contributed by atoms with Crippen LogP contribution in [0.4, 0.5) is 5.69 Å². The number of methoxy groups -OCH3 is 1. The molecule has 9 nitrogen and oxygen atoms in total. The van der Waals surface area contributed by atoms with Gasteiger partial charge >= 0.3 is 0 Å². The lowest BCUT2D eigenvalue weighted by molar-refractivity contribution is -0.122. The van der Waals surface area contributed by atoms with Crippen LogP contribution in [0.5, 0.6) is 17.2 Å². The molecular weight excluding hydrogens is 462 g/mol. The Labute approximate surface area is 207 Å². The molecule has 3 amide bonds. The zero-order valence-electron chi connectivity index (χ0n) is 19.3. The standard InChI is InChI=1S/C27H21N3O6/c1-34-21-9-5-19(6-10-21)26(32)29(15-18-4-11-23-24(12-18)36-16-35-23)22-13-25(31)30(27(22)33)20-7-2-17(14-28)3-8-20/h2-12,22H,13,15-16H2,1H3. The van der Waals surface area contributed by atoms with Crippen LogP contribution in [0.15, 0.2) is 66.7 Å². The Bertz CT molecular complexity index is 1380. The summed E-state index contributed by atoms with van der Waals surface area (Å²) in [5.41, 5.74) is 1.84. The third kappa shape index (κ3) is 4.20. The van der Waals surface area contributed by atoms with Crippen LogP contribution in [0.3, 0.4) is 0 Å². The van der Waals surface area contributed by atoms with E-state index in [2.05, 4.69) is 0 Å². The molecule has 0 N–H and O–H groups in total. The van der Waals surface area contributed by atoms with Crippen LogP contribution in [-0.2, 0) is 16.1 Å². The normalized spacial score (nSPS) is 16.1. The second kappa shape index (κ2) is 9.43. The monoisotopic (exact) mass is 483 g/mol. The molecule has 0 radical (unpaired) electrons. The molecule has 0 aliphatic carbocycles. The van der Waals surface area contributed by atoms with Gasteiger partial charge in [0, 0.05) is 12.1 Å². The van der Waals surface area contributed by atoms with Crippen LogP contribution < -0.4 is 19.1 Å². The minimum Gasteiger partial charge on any atom is -0.497 e. The summed E-state index contributed by atoms with van der Waals surface area (Å²) in [6.45, 7) is 0.189. The molecular formula is C27H21N3O6. The Kier molecular flexibility index (Phi) is 6.00. The smallest absolute Gasteiger partial charge is 0.257 e. The van der Waals surface area contributed by atoms with Gasteiger partial charge < -0.3 is 19.1 Å². The molecule has 0 spiro atoms. The molecule has 0 aromatic heterocycles. The van der Waals surface area contributed by atoms with E-state index < -0.39 is 23.8 Å². The molecule has 2 aliphatic rings. The van der Waals surface area contributed by atoms with Crippen LogP contribution >= 0.6 is 0 Å². The molecule has 1 saturated heterocycles. The third-order valence-electron chi connectivity index (χ3n) is 6.14. The van der Waals surface area contributed by atoms with E-state index in [0.29, 0.717) is 34.1 Å². The van der Waals surface area contributed by atoms with E-state index in [9.17, 15) is 14.4 Å². The molecule has 9 heteroatoms. The first-order chi connectivity index (χ1) is 17.5. The Morgan fingerprint density at radius 2 is 1.78 bits per heavy atom. The average molecular weight is 483 g/mol. The van der Waals surface area contributed by atoms with Crippen LogP contribution in [0.25, 0.3) is 0 Å². The lowest BCUT2D eigenvalue weighted by atomic mass is 10.1. The number of hydrogen-bond acceptors (Lipinski definition) is 7. The van der Waals surface area contributed by atoms with Gasteiger partial charge in [-0.25, -0.2) is 4.90 Å². The minimum atomic E-state index is -1.01. The van der Waals surface area contributed by atoms with Crippen molar-refractivity contribution in [2.24, 2.45) is 0 Å². The van der Waals surface area contributed by atoms with Crippen molar-refractivity contribution in [2.75, 3.05) is 18.8 Å². The number of imide groups is 1. The van der Waals surface area contributed by atoms with Crippen molar-refractivity contribution in [1.29, 1.82) is 5.26 Å². The number of anilines is 1. The van der Waals surface area contributed by atoms with Crippen molar-refractivity contribution in [3.63, 3.8) is 0 Å². The van der Waals surface area contributed by atoms with Crippen LogP contribution in [0.2, 0.25) is 0 Å². The molecule has 3 aromatic rings. The number of ether oxygens (including phenoxy) is 3. The molecule has 2 heterocycles. The molecule has 5 rings (SSSR count). The maximum atomic E-state index is 13.7. The van der Waals surface area contributed by atoms with Gasteiger partial charge in [0.1, 0.15) is 11.8 Å². The van der Waals surface area contributed by atoms with E-state index in [0.717, 1.165) is 10.5 Å². The molecule has 1 unspecified atom stereocenters. The second-order valence-electron chi connectivity index (χ2n) is 8.30. The second-order valence-corrected chi connectivity index (χ2v) is 8.30. The largest absolute Gasteiger partial charge is 0.497 e. The van der Waals surface area contributed by atoms with Crippen LogP contribution in [-0.4, -0.2) is 42.6 Å². The van der Waals surface area contributed by atoms with Crippen molar-refractivity contribution in [2.45, 2.75) is 19.0 Å². The van der Waals surface area contributed by atoms with Crippen LogP contribution in [0.1, 0.15) is 27.9 Å². The molecule has 0 bridgehead atoms. The number of carbonyl (C=O) groups excluding carboxylic acids is 3. The van der Waals surface area contributed by atoms with Gasteiger partial charge in [-0.05, 0) is 66.2 Å². The highest BCUT2D eigenvalue weighted by atomic mass is 16.7. The predicted octanol–water partition coefficient (Wildman–Crippen LogP) is 3.27. The Morgan fingerprint density at radius 3 is 2.47 bits per heavy atom. The number of nitriles is 1. The van der Waals surface area contributed by atoms with Crippen molar-refractivity contribution in [3.05, 3.63) is 83.4 Å². The fourth-order valence-corrected chi connectivity index (χ4v) is 4.27. The number of hydrogen-bond donors (Lipinski definition) is 0. The van der Waals surface area contributed by atoms with Gasteiger partial charge in [0.15, 0.2) is 11.5 Å². The maximum absolute atomic E-state index is 13.7. The van der Waals surface area contributed by atoms with E-state index in [4.69, 9.17) is 19.5 Å². The fourth-order valence-electron chi connectivity index (χ4n) is 4.27. The number of carbonyl (C=O) groups is 3. The zero-order chi connectivity index (χ0) is 25.2. The van der Waals surface area contributed by atoms with Crippen molar-refractivity contribution in [3.8, 4) is 23.3 Å². The van der Waals surface area contributed by atoms with Gasteiger partial charge in [0.25, 0.3) is 11.8 Å². The van der Waals surface area contributed by atoms with Gasteiger partial charge in [-0.3, -0.25) is 14.4 Å². The van der Waals surface area contributed by atoms with E-state index in [1.165, 1.54) is 24.1 Å².